The first-order valence-corrected chi connectivity index (χ1v) is 11.1. The van der Waals surface area contributed by atoms with Crippen molar-refractivity contribution in [2.75, 3.05) is 36.0 Å². The molecule has 0 amide bonds. The van der Waals surface area contributed by atoms with Crippen LogP contribution in [0.5, 0.6) is 0 Å². The van der Waals surface area contributed by atoms with E-state index in [-0.39, 0.29) is 12.5 Å². The summed E-state index contributed by atoms with van der Waals surface area (Å²) in [5.74, 6) is -0.0270. The lowest BCUT2D eigenvalue weighted by Crippen LogP contribution is -2.43. The van der Waals surface area contributed by atoms with E-state index >= 15 is 0 Å². The number of morpholine rings is 1. The molecule has 5 heterocycles. The maximum absolute atomic E-state index is 14.6. The van der Waals surface area contributed by atoms with E-state index in [0.29, 0.717) is 55.8 Å². The number of aliphatic carboxylic acids is 1. The molecule has 0 radical (unpaired) electrons. The number of carboxylic acids is 1. The number of hydrogen-bond donors (Lipinski definition) is 1. The predicted octanol–water partition coefficient (Wildman–Crippen LogP) is 2.27. The average Bonchev–Trinajstić information content (AvgIpc) is 2.84. The van der Waals surface area contributed by atoms with Crippen LogP contribution in [0, 0.1) is 5.95 Å². The summed E-state index contributed by atoms with van der Waals surface area (Å²) in [7, 11) is 0. The van der Waals surface area contributed by atoms with Gasteiger partial charge in [-0.15, -0.1) is 0 Å². The van der Waals surface area contributed by atoms with Gasteiger partial charge in [-0.2, -0.15) is 4.39 Å². The molecule has 0 saturated carbocycles. The maximum Gasteiger partial charge on any atom is 0.306 e. The van der Waals surface area contributed by atoms with E-state index in [1.54, 1.807) is 24.7 Å². The Kier molecular flexibility index (Phi) is 6.01. The normalized spacial score (nSPS) is 20.2. The minimum atomic E-state index is -0.918. The highest BCUT2D eigenvalue weighted by Gasteiger charge is 2.29. The number of halogens is 1. The number of carbonyl (C=O) groups is 1. The standard InChI is InChI=1S/C23H24FN7O3/c1-14-17-12-27-23(22-25-4-2-5-26-22)28-18(17)3-6-31(14)20-10-15(9-19(24)29-20)30-7-8-34-16(13-30)11-21(32)33/h2,4-5,9-10,12,14,16H,3,6-8,11,13H2,1H3,(H,32,33). The molecule has 0 aromatic carbocycles. The van der Waals surface area contributed by atoms with Gasteiger partial charge in [0.1, 0.15) is 5.82 Å². The fraction of sp³-hybridized carbons (Fsp3) is 0.391. The summed E-state index contributed by atoms with van der Waals surface area (Å²) in [6, 6.07) is 4.86. The van der Waals surface area contributed by atoms with Gasteiger partial charge in [0.15, 0.2) is 11.6 Å². The number of nitrogens with zero attached hydrogens (tertiary/aromatic N) is 7. The van der Waals surface area contributed by atoms with Gasteiger partial charge in [0.05, 0.1) is 30.9 Å². The Morgan fingerprint density at radius 3 is 2.79 bits per heavy atom. The van der Waals surface area contributed by atoms with Gasteiger partial charge in [0.25, 0.3) is 0 Å². The van der Waals surface area contributed by atoms with E-state index in [1.165, 1.54) is 6.07 Å². The van der Waals surface area contributed by atoms with E-state index in [4.69, 9.17) is 9.84 Å². The van der Waals surface area contributed by atoms with Gasteiger partial charge in [0, 0.05) is 68.0 Å². The highest BCUT2D eigenvalue weighted by molar-refractivity contribution is 5.67. The van der Waals surface area contributed by atoms with Gasteiger partial charge in [-0.3, -0.25) is 4.79 Å². The lowest BCUT2D eigenvalue weighted by molar-refractivity contribution is -0.140. The Morgan fingerprint density at radius 2 is 2.00 bits per heavy atom. The fourth-order valence-corrected chi connectivity index (χ4v) is 4.47. The van der Waals surface area contributed by atoms with E-state index in [1.807, 2.05) is 22.8 Å². The smallest absolute Gasteiger partial charge is 0.306 e. The molecule has 10 nitrogen and oxygen atoms in total. The van der Waals surface area contributed by atoms with Crippen LogP contribution in [0.1, 0.15) is 30.6 Å². The molecule has 3 aromatic heterocycles. The van der Waals surface area contributed by atoms with Gasteiger partial charge in [-0.1, -0.05) is 0 Å². The Bertz CT molecular complexity index is 1200. The monoisotopic (exact) mass is 465 g/mol. The first-order chi connectivity index (χ1) is 16.5. The molecule has 34 heavy (non-hydrogen) atoms. The van der Waals surface area contributed by atoms with Crippen molar-refractivity contribution in [3.63, 3.8) is 0 Å². The quantitative estimate of drug-likeness (QED) is 0.562. The molecular formula is C23H24FN7O3. The third-order valence-electron chi connectivity index (χ3n) is 6.14. The summed E-state index contributed by atoms with van der Waals surface area (Å²) in [5, 5.41) is 9.08. The van der Waals surface area contributed by atoms with Crippen molar-refractivity contribution < 1.29 is 19.0 Å². The van der Waals surface area contributed by atoms with Gasteiger partial charge in [-0.05, 0) is 13.0 Å². The van der Waals surface area contributed by atoms with Crippen LogP contribution in [0.4, 0.5) is 15.9 Å². The number of aromatic nitrogens is 5. The van der Waals surface area contributed by atoms with Crippen LogP contribution in [0.2, 0.25) is 0 Å². The zero-order valence-electron chi connectivity index (χ0n) is 18.6. The first kappa shape index (κ1) is 22.1. The summed E-state index contributed by atoms with van der Waals surface area (Å²) < 4.78 is 20.1. The molecule has 0 aliphatic carbocycles. The molecule has 0 spiro atoms. The lowest BCUT2D eigenvalue weighted by atomic mass is 9.99. The first-order valence-electron chi connectivity index (χ1n) is 11.1. The molecule has 1 N–H and O–H groups in total. The lowest BCUT2D eigenvalue weighted by Gasteiger charge is -2.37. The Labute approximate surface area is 195 Å². The highest BCUT2D eigenvalue weighted by atomic mass is 19.1. The second-order valence-corrected chi connectivity index (χ2v) is 8.33. The topological polar surface area (TPSA) is 117 Å². The van der Waals surface area contributed by atoms with E-state index in [9.17, 15) is 9.18 Å². The second-order valence-electron chi connectivity index (χ2n) is 8.33. The molecule has 1 fully saturated rings. The number of hydrogen-bond acceptors (Lipinski definition) is 9. The largest absolute Gasteiger partial charge is 0.481 e. The van der Waals surface area contributed by atoms with Crippen LogP contribution < -0.4 is 9.80 Å². The molecule has 11 heteroatoms. The number of fused-ring (bicyclic) bond motifs is 1. The van der Waals surface area contributed by atoms with E-state index in [0.717, 1.165) is 11.3 Å². The van der Waals surface area contributed by atoms with Gasteiger partial charge in [0.2, 0.25) is 5.95 Å². The van der Waals surface area contributed by atoms with Crippen molar-refractivity contribution in [3.8, 4) is 11.6 Å². The minimum Gasteiger partial charge on any atom is -0.481 e. The van der Waals surface area contributed by atoms with Crippen LogP contribution in [-0.2, 0) is 16.0 Å². The second kappa shape index (κ2) is 9.26. The Hall–Kier alpha value is -3.73. The van der Waals surface area contributed by atoms with Crippen LogP contribution in [0.3, 0.4) is 0 Å². The molecule has 2 aliphatic rings. The molecule has 3 aromatic rings. The van der Waals surface area contributed by atoms with Crippen molar-refractivity contribution in [1.29, 1.82) is 0 Å². The molecule has 2 unspecified atom stereocenters. The van der Waals surface area contributed by atoms with Crippen LogP contribution >= 0.6 is 0 Å². The summed E-state index contributed by atoms with van der Waals surface area (Å²) in [4.78, 5) is 36.8. The molecule has 1 saturated heterocycles. The number of anilines is 2. The van der Waals surface area contributed by atoms with Crippen LogP contribution in [0.25, 0.3) is 11.6 Å². The summed E-state index contributed by atoms with van der Waals surface area (Å²) in [6.07, 6.45) is 5.21. The van der Waals surface area contributed by atoms with Crippen LogP contribution in [0.15, 0.2) is 36.8 Å². The third-order valence-corrected chi connectivity index (χ3v) is 6.14. The highest BCUT2D eigenvalue weighted by Crippen LogP contribution is 2.34. The Morgan fingerprint density at radius 1 is 1.18 bits per heavy atom. The summed E-state index contributed by atoms with van der Waals surface area (Å²) in [6.45, 7) is 3.95. The van der Waals surface area contributed by atoms with Gasteiger partial charge >= 0.3 is 5.97 Å². The fourth-order valence-electron chi connectivity index (χ4n) is 4.47. The minimum absolute atomic E-state index is 0.0904. The van der Waals surface area contributed by atoms with Gasteiger partial charge in [-0.25, -0.2) is 24.9 Å². The Balaban J connectivity index is 1.39. The molecular weight excluding hydrogens is 441 g/mol. The summed E-state index contributed by atoms with van der Waals surface area (Å²) in [5.41, 5.74) is 2.53. The average molecular weight is 465 g/mol. The molecule has 176 valence electrons. The SMILES string of the molecule is CC1c2cnc(-c3ncccn3)nc2CCN1c1cc(N2CCOC(CC(=O)O)C2)cc(F)n1. The number of rotatable bonds is 5. The van der Waals surface area contributed by atoms with E-state index < -0.39 is 18.0 Å². The number of carboxylic acid groups (broad SMARTS) is 1. The summed E-state index contributed by atoms with van der Waals surface area (Å²) >= 11 is 0. The molecule has 2 aliphatic heterocycles. The van der Waals surface area contributed by atoms with Crippen LogP contribution in [-0.4, -0.2) is 68.3 Å². The number of pyridine rings is 1. The molecule has 0 bridgehead atoms. The zero-order valence-corrected chi connectivity index (χ0v) is 18.6. The van der Waals surface area contributed by atoms with Crippen molar-refractivity contribution >= 4 is 17.5 Å². The maximum atomic E-state index is 14.6. The van der Waals surface area contributed by atoms with Crippen molar-refractivity contribution in [1.82, 2.24) is 24.9 Å². The van der Waals surface area contributed by atoms with Crippen molar-refractivity contribution in [2.24, 2.45) is 0 Å². The third kappa shape index (κ3) is 4.51. The van der Waals surface area contributed by atoms with Crippen molar-refractivity contribution in [2.45, 2.75) is 31.9 Å². The number of ether oxygens (including phenoxy) is 1. The molecule has 2 atom stereocenters. The van der Waals surface area contributed by atoms with E-state index in [2.05, 4.69) is 24.9 Å². The van der Waals surface area contributed by atoms with Gasteiger partial charge < -0.3 is 19.6 Å². The molecule has 5 rings (SSSR count). The van der Waals surface area contributed by atoms with Crippen molar-refractivity contribution in [3.05, 3.63) is 54.0 Å². The predicted molar refractivity (Wildman–Crippen MR) is 121 cm³/mol. The zero-order chi connectivity index (χ0) is 23.7.